The molecule has 0 radical (unpaired) electrons. The third-order valence-electron chi connectivity index (χ3n) is 0.882. The molecule has 11 heavy (non-hydrogen) atoms. The van der Waals surface area contributed by atoms with Crippen LogP contribution in [-0.4, -0.2) is 24.8 Å². The average molecular weight is 265 g/mol. The van der Waals surface area contributed by atoms with Crippen LogP contribution in [0.3, 0.4) is 0 Å². The fraction of sp³-hybridized carbons (Fsp3) is 1.00. The van der Waals surface area contributed by atoms with E-state index in [0.29, 0.717) is 0 Å². The molecule has 0 rings (SSSR count). The van der Waals surface area contributed by atoms with Crippen molar-refractivity contribution >= 4 is 49.6 Å². The van der Waals surface area contributed by atoms with E-state index in [-0.39, 0.29) is 0 Å². The molecule has 0 aliphatic carbocycles. The zero-order valence-corrected chi connectivity index (χ0v) is 12.7. The van der Waals surface area contributed by atoms with Gasteiger partial charge in [-0.3, -0.25) is 0 Å². The Balaban J connectivity index is 2.69. The molecule has 0 aromatic rings. The van der Waals surface area contributed by atoms with Gasteiger partial charge in [0.05, 0.1) is 0 Å². The highest BCUT2D eigenvalue weighted by Crippen LogP contribution is 2.52. The summed E-state index contributed by atoms with van der Waals surface area (Å²) in [7, 11) is 7.19. The van der Waals surface area contributed by atoms with Gasteiger partial charge in [0, 0.05) is 6.29 Å². The van der Waals surface area contributed by atoms with Crippen LogP contribution in [0.15, 0.2) is 0 Å². The Morgan fingerprint density at radius 3 is 2.00 bits per heavy atom. The van der Waals surface area contributed by atoms with Crippen LogP contribution < -0.4 is 5.73 Å². The van der Waals surface area contributed by atoms with E-state index < -0.39 is 0 Å². The summed E-state index contributed by atoms with van der Waals surface area (Å²) in [6, 6.07) is 0. The normalized spacial score (nSPS) is 16.9. The van der Waals surface area contributed by atoms with Crippen LogP contribution in [0.5, 0.6) is 0 Å². The maximum atomic E-state index is 5.42. The lowest BCUT2D eigenvalue weighted by Gasteiger charge is -2.00. The molecule has 6 unspecified atom stereocenters. The number of hydrogen-bond acceptors (Lipinski definition) is 1. The molecule has 0 aliphatic rings. The van der Waals surface area contributed by atoms with Gasteiger partial charge in [0.2, 0.25) is 0 Å². The molecule has 0 aromatic carbocycles. The monoisotopic (exact) mass is 265 g/mol. The average Bonchev–Trinajstić information content (AvgIpc) is 2.03. The van der Waals surface area contributed by atoms with E-state index in [1.807, 2.05) is 0 Å². The lowest BCUT2D eigenvalue weighted by molar-refractivity contribution is 1.40. The van der Waals surface area contributed by atoms with Crippen molar-refractivity contribution in [1.82, 2.24) is 0 Å². The third kappa shape index (κ3) is 12.5. The summed E-state index contributed by atoms with van der Waals surface area (Å²) in [5.41, 5.74) is 5.42. The Morgan fingerprint density at radius 2 is 1.45 bits per heavy atom. The van der Waals surface area contributed by atoms with Gasteiger partial charge in [-0.05, 0) is 18.5 Å². The zero-order valence-electron chi connectivity index (χ0n) is 6.70. The first-order valence-electron chi connectivity index (χ1n) is 3.43. The molecule has 0 aliphatic heterocycles. The molecule has 0 saturated heterocycles. The van der Waals surface area contributed by atoms with Crippen molar-refractivity contribution in [3.8, 4) is 0 Å². The molecule has 0 saturated carbocycles. The summed E-state index contributed by atoms with van der Waals surface area (Å²) in [5, 5.41) is 0. The SMILES string of the molecule is CPPCPPCPPCN. The molecule has 0 fully saturated rings. The first-order valence-corrected chi connectivity index (χ1v) is 14.0. The van der Waals surface area contributed by atoms with Gasteiger partial charge in [-0.25, -0.2) is 0 Å². The molecule has 6 atom stereocenters. The Morgan fingerprint density at radius 1 is 0.909 bits per heavy atom. The quantitative estimate of drug-likeness (QED) is 0.529. The maximum Gasteiger partial charge on any atom is 0.0137 e. The van der Waals surface area contributed by atoms with E-state index in [1.165, 1.54) is 53.2 Å². The van der Waals surface area contributed by atoms with E-state index in [4.69, 9.17) is 5.73 Å². The van der Waals surface area contributed by atoms with E-state index in [1.54, 1.807) is 0 Å². The minimum atomic E-state index is 0.921. The molecule has 2 N–H and O–H groups in total. The van der Waals surface area contributed by atoms with E-state index >= 15 is 0 Å². The molecular formula is C4H17NP6. The van der Waals surface area contributed by atoms with Crippen LogP contribution in [0.25, 0.3) is 0 Å². The molecule has 1 nitrogen and oxygen atoms in total. The molecule has 0 heterocycles. The highest BCUT2D eigenvalue weighted by atomic mass is 32.1. The second kappa shape index (κ2) is 12.5. The van der Waals surface area contributed by atoms with Gasteiger partial charge in [0.1, 0.15) is 0 Å². The Labute approximate surface area is 80.3 Å². The van der Waals surface area contributed by atoms with Crippen molar-refractivity contribution in [2.75, 3.05) is 24.8 Å². The van der Waals surface area contributed by atoms with E-state index in [9.17, 15) is 0 Å². The van der Waals surface area contributed by atoms with Gasteiger partial charge >= 0.3 is 0 Å². The topological polar surface area (TPSA) is 26.0 Å². The van der Waals surface area contributed by atoms with Crippen molar-refractivity contribution in [3.05, 3.63) is 0 Å². The molecule has 0 spiro atoms. The van der Waals surface area contributed by atoms with E-state index in [2.05, 4.69) is 6.66 Å². The minimum absolute atomic E-state index is 0.921. The van der Waals surface area contributed by atoms with Gasteiger partial charge < -0.3 is 5.73 Å². The fourth-order valence-corrected chi connectivity index (χ4v) is 15.3. The van der Waals surface area contributed by atoms with Crippen LogP contribution in [0.4, 0.5) is 0 Å². The van der Waals surface area contributed by atoms with Gasteiger partial charge in [-0.1, -0.05) is 41.3 Å². The van der Waals surface area contributed by atoms with Crippen LogP contribution in [0.2, 0.25) is 0 Å². The highest BCUT2D eigenvalue weighted by Gasteiger charge is 1.87. The lowest BCUT2D eigenvalue weighted by Crippen LogP contribution is -1.86. The Hall–Kier alpha value is 2.54. The summed E-state index contributed by atoms with van der Waals surface area (Å²) >= 11 is 0. The first kappa shape index (κ1) is 13.5. The maximum absolute atomic E-state index is 5.42. The number of nitrogens with two attached hydrogens (primary N) is 1. The van der Waals surface area contributed by atoms with Gasteiger partial charge in [-0.15, -0.1) is 8.27 Å². The standard InChI is InChI=1S/C4H17NP6/c1-6-8-3-10-11-4-9-7-2-5/h6-11H,2-5H2,1H3. The molecular weight excluding hydrogens is 248 g/mol. The van der Waals surface area contributed by atoms with Crippen molar-refractivity contribution in [1.29, 1.82) is 0 Å². The van der Waals surface area contributed by atoms with E-state index in [0.717, 1.165) is 14.6 Å². The largest absolute Gasteiger partial charge is 0.327 e. The number of hydrogen-bond donors (Lipinski definition) is 1. The van der Waals surface area contributed by atoms with Crippen LogP contribution >= 0.6 is 49.6 Å². The predicted molar refractivity (Wildman–Crippen MR) is 74.6 cm³/mol. The summed E-state index contributed by atoms with van der Waals surface area (Å²) < 4.78 is 0. The third-order valence-corrected chi connectivity index (χ3v) is 14.3. The summed E-state index contributed by atoms with van der Waals surface area (Å²) in [5.74, 6) is 3.00. The summed E-state index contributed by atoms with van der Waals surface area (Å²) in [4.78, 5) is 0. The van der Waals surface area contributed by atoms with Crippen molar-refractivity contribution in [2.45, 2.75) is 0 Å². The van der Waals surface area contributed by atoms with Crippen molar-refractivity contribution < 1.29 is 0 Å². The molecule has 0 bridgehead atoms. The van der Waals surface area contributed by atoms with Crippen molar-refractivity contribution in [2.24, 2.45) is 5.73 Å². The van der Waals surface area contributed by atoms with Crippen LogP contribution in [0.1, 0.15) is 0 Å². The number of rotatable bonds is 8. The molecule has 68 valence electrons. The first-order chi connectivity index (χ1) is 5.41. The van der Waals surface area contributed by atoms with Crippen molar-refractivity contribution in [3.63, 3.8) is 0 Å². The van der Waals surface area contributed by atoms with Gasteiger partial charge in [0.25, 0.3) is 0 Å². The van der Waals surface area contributed by atoms with Crippen LogP contribution in [0, 0.1) is 0 Å². The second-order valence-electron chi connectivity index (χ2n) is 1.69. The highest BCUT2D eigenvalue weighted by molar-refractivity contribution is 8.24. The van der Waals surface area contributed by atoms with Gasteiger partial charge in [0.15, 0.2) is 0 Å². The second-order valence-corrected chi connectivity index (χ2v) is 14.0. The molecule has 0 amide bonds. The Bertz CT molecular complexity index is 63.6. The zero-order chi connectivity index (χ0) is 8.36. The molecule has 7 heteroatoms. The van der Waals surface area contributed by atoms with Gasteiger partial charge in [-0.2, -0.15) is 0 Å². The van der Waals surface area contributed by atoms with Crippen LogP contribution in [-0.2, 0) is 0 Å². The summed E-state index contributed by atoms with van der Waals surface area (Å²) in [6.45, 7) is 2.31. The molecule has 0 aromatic heterocycles. The summed E-state index contributed by atoms with van der Waals surface area (Å²) in [6.07, 6.45) is 0.921. The lowest BCUT2D eigenvalue weighted by atomic mass is 11.6. The smallest absolute Gasteiger partial charge is 0.0137 e. The Kier molecular flexibility index (Phi) is 15.4. The fourth-order valence-electron chi connectivity index (χ4n) is 0.436. The predicted octanol–water partition coefficient (Wildman–Crippen LogP) is 3.26. The minimum Gasteiger partial charge on any atom is -0.327 e.